The molecule has 1 heterocycles. The smallest absolute Gasteiger partial charge is 1.00 e. The molecule has 2 aromatic rings. The molecule has 120 valence electrons. The third-order valence-electron chi connectivity index (χ3n) is 4.84. The summed E-state index contributed by atoms with van der Waals surface area (Å²) >= 11 is -0.221. The molecule has 2 aliphatic carbocycles. The number of allylic oxidation sites excluding steroid dienone is 4. The second-order valence-electron chi connectivity index (χ2n) is 7.32. The molecule has 2 aliphatic rings. The number of para-hydroxylation sites is 1. The topological polar surface area (TPSA) is 15.8 Å². The third kappa shape index (κ3) is 2.98. The minimum atomic E-state index is -0.221. The molecule has 1 N–H and O–H groups in total. The van der Waals surface area contributed by atoms with Crippen molar-refractivity contribution >= 4 is 14.9 Å². The van der Waals surface area contributed by atoms with Crippen molar-refractivity contribution in [1.29, 1.82) is 0 Å². The van der Waals surface area contributed by atoms with Crippen LogP contribution < -0.4 is 28.8 Å². The van der Waals surface area contributed by atoms with E-state index >= 15 is 0 Å². The van der Waals surface area contributed by atoms with E-state index in [2.05, 4.69) is 68.2 Å². The van der Waals surface area contributed by atoms with Crippen molar-refractivity contribution < 1.29 is 44.0 Å². The molecule has 4 heteroatoms. The van der Waals surface area contributed by atoms with E-state index in [1.54, 1.807) is 15.1 Å². The van der Waals surface area contributed by atoms with E-state index in [9.17, 15) is 0 Å². The van der Waals surface area contributed by atoms with Gasteiger partial charge in [-0.15, -0.1) is 0 Å². The Balaban J connectivity index is 0.000000960. The molecule has 0 spiro atoms. The summed E-state index contributed by atoms with van der Waals surface area (Å²) in [6.45, 7) is 7.04. The number of hydrogen-bond donors (Lipinski definition) is 1. The van der Waals surface area contributed by atoms with Crippen LogP contribution in [0.4, 0.5) is 0 Å². The van der Waals surface area contributed by atoms with Crippen molar-refractivity contribution in [3.05, 3.63) is 53.6 Å². The first-order valence-electron chi connectivity index (χ1n) is 7.78. The summed E-state index contributed by atoms with van der Waals surface area (Å²) in [4.78, 5) is 3.77. The fraction of sp³-hybridized carbons (Fsp3) is 0.368. The first-order valence-corrected chi connectivity index (χ1v) is 9.34. The number of hydrogen-bond acceptors (Lipinski definition) is 0. The van der Waals surface area contributed by atoms with Gasteiger partial charge < -0.3 is 24.8 Å². The van der Waals surface area contributed by atoms with Gasteiger partial charge in [0, 0.05) is 0 Å². The van der Waals surface area contributed by atoms with Crippen LogP contribution in [-0.2, 0) is 24.6 Å². The first kappa shape index (κ1) is 18.9. The molecular weight excluding hydrogens is 361 g/mol. The van der Waals surface area contributed by atoms with Gasteiger partial charge in [-0.05, 0) is 0 Å². The zero-order valence-electron chi connectivity index (χ0n) is 13.7. The van der Waals surface area contributed by atoms with Gasteiger partial charge in [-0.2, -0.15) is 0 Å². The standard InChI is InChI=1S/C12H14N.C7H7.2ClH.Ti/c1-12(2,3)10-8-13-11-7-5-4-6-9(10)11;1-2-6-4-5-7(6)3-1;;;/h4-7,13H,1-3H3;1-3H,4-5H2;2*1H;/q;;;;+2/p-2. The molecule has 1 aromatic heterocycles. The Hall–Kier alpha value is -0.466. The van der Waals surface area contributed by atoms with Crippen LogP contribution in [-0.4, -0.2) is 4.98 Å². The number of aromatic amines is 1. The molecule has 1 saturated carbocycles. The molecule has 1 atom stereocenters. The summed E-state index contributed by atoms with van der Waals surface area (Å²) in [6, 6.07) is 8.80. The largest absolute Gasteiger partial charge is 1.00 e. The van der Waals surface area contributed by atoms with Crippen LogP contribution in [0.1, 0.15) is 39.2 Å². The van der Waals surface area contributed by atoms with E-state index in [1.165, 1.54) is 23.7 Å². The zero-order valence-corrected chi connectivity index (χ0v) is 16.8. The van der Waals surface area contributed by atoms with E-state index in [-0.39, 0.29) is 49.4 Å². The van der Waals surface area contributed by atoms with Crippen molar-refractivity contribution in [2.75, 3.05) is 0 Å². The number of benzene rings is 1. The number of H-pyrrole nitrogens is 1. The van der Waals surface area contributed by atoms with Crippen LogP contribution in [0.2, 0.25) is 3.72 Å². The van der Waals surface area contributed by atoms with Crippen LogP contribution in [0.5, 0.6) is 0 Å². The number of nitrogens with one attached hydrogen (secondary N) is 1. The minimum absolute atomic E-state index is 0. The Morgan fingerprint density at radius 1 is 1.13 bits per heavy atom. The van der Waals surface area contributed by atoms with E-state index in [1.807, 2.05) is 0 Å². The molecular formula is C19H21Cl2NTi. The van der Waals surface area contributed by atoms with Crippen LogP contribution >= 0.6 is 0 Å². The van der Waals surface area contributed by atoms with Crippen molar-refractivity contribution in [1.82, 2.24) is 4.98 Å². The van der Waals surface area contributed by atoms with Crippen molar-refractivity contribution in [3.63, 3.8) is 0 Å². The average Bonchev–Trinajstić information content (AvgIpc) is 2.90. The Morgan fingerprint density at radius 2 is 1.87 bits per heavy atom. The number of aromatic nitrogens is 1. The van der Waals surface area contributed by atoms with Gasteiger partial charge in [-0.3, -0.25) is 0 Å². The number of rotatable bonds is 2. The molecule has 0 amide bonds. The molecule has 1 aromatic carbocycles. The molecule has 23 heavy (non-hydrogen) atoms. The van der Waals surface area contributed by atoms with E-state index in [4.69, 9.17) is 0 Å². The quantitative estimate of drug-likeness (QED) is 0.618. The maximum absolute atomic E-state index is 3.77. The van der Waals surface area contributed by atoms with Crippen molar-refractivity contribution in [2.24, 2.45) is 0 Å². The predicted octanol–water partition coefficient (Wildman–Crippen LogP) is -1.37. The fourth-order valence-electron chi connectivity index (χ4n) is 3.71. The van der Waals surface area contributed by atoms with Gasteiger partial charge in [-0.25, -0.2) is 0 Å². The van der Waals surface area contributed by atoms with Crippen LogP contribution in [0, 0.1) is 0 Å². The van der Waals surface area contributed by atoms with Gasteiger partial charge in [0.25, 0.3) is 0 Å². The third-order valence-corrected chi connectivity index (χ3v) is 7.67. The van der Waals surface area contributed by atoms with Gasteiger partial charge in [0.15, 0.2) is 0 Å². The van der Waals surface area contributed by atoms with Crippen LogP contribution in [0.25, 0.3) is 10.9 Å². The van der Waals surface area contributed by atoms with E-state index in [0.29, 0.717) is 3.72 Å². The van der Waals surface area contributed by atoms with Crippen LogP contribution in [0.15, 0.2) is 48.1 Å². The second kappa shape index (κ2) is 6.45. The Morgan fingerprint density at radius 3 is 2.48 bits per heavy atom. The maximum Gasteiger partial charge on any atom is -1.00 e. The second-order valence-corrected chi connectivity index (χ2v) is 9.88. The Bertz CT molecular complexity index is 782. The summed E-state index contributed by atoms with van der Waals surface area (Å²) in [5.74, 6) is 0. The summed E-state index contributed by atoms with van der Waals surface area (Å²) in [7, 11) is 0. The molecule has 0 bridgehead atoms. The van der Waals surface area contributed by atoms with Gasteiger partial charge in [0.05, 0.1) is 0 Å². The van der Waals surface area contributed by atoms with Crippen LogP contribution in [0.3, 0.4) is 0 Å². The summed E-state index contributed by atoms with van der Waals surface area (Å²) in [6.07, 6.45) is 9.78. The van der Waals surface area contributed by atoms with Gasteiger partial charge in [0.1, 0.15) is 0 Å². The molecule has 4 rings (SSSR count). The minimum Gasteiger partial charge on any atom is -1.00 e. The predicted molar refractivity (Wildman–Crippen MR) is 85.8 cm³/mol. The molecule has 1 nitrogen and oxygen atoms in total. The first-order chi connectivity index (χ1) is 10.00. The summed E-state index contributed by atoms with van der Waals surface area (Å²) < 4.78 is 2.00. The maximum atomic E-state index is 3.77. The molecule has 1 fully saturated rings. The van der Waals surface area contributed by atoms with Crippen molar-refractivity contribution in [2.45, 2.75) is 42.7 Å². The normalized spacial score (nSPS) is 21.6. The summed E-state index contributed by atoms with van der Waals surface area (Å²) in [5, 5.41) is 1.42. The number of halogens is 2. The SMILES string of the molecule is CC(C)(C)c1[c]([Ti+2][C]23C=CC=C2CC3)[nH]c2ccccc12.[Cl-].[Cl-]. The monoisotopic (exact) mass is 381 g/mol. The average molecular weight is 382 g/mol. The van der Waals surface area contributed by atoms with Gasteiger partial charge in [0.2, 0.25) is 0 Å². The van der Waals surface area contributed by atoms with E-state index < -0.39 is 0 Å². The van der Waals surface area contributed by atoms with Crippen molar-refractivity contribution in [3.8, 4) is 0 Å². The Kier molecular flexibility index (Phi) is 5.29. The van der Waals surface area contributed by atoms with Gasteiger partial charge >= 0.3 is 135 Å². The molecule has 1 unspecified atom stereocenters. The number of fused-ring (bicyclic) bond motifs is 2. The molecule has 0 aliphatic heterocycles. The fourth-order valence-corrected chi connectivity index (χ4v) is 6.95. The van der Waals surface area contributed by atoms with Gasteiger partial charge in [-0.1, -0.05) is 0 Å². The van der Waals surface area contributed by atoms with E-state index in [0.717, 1.165) is 0 Å². The molecule has 0 radical (unpaired) electrons. The Labute approximate surface area is 159 Å². The molecule has 0 saturated heterocycles. The zero-order chi connectivity index (χ0) is 14.7. The summed E-state index contributed by atoms with van der Waals surface area (Å²) in [5.41, 5.74) is 4.75.